The Morgan fingerprint density at radius 1 is 0.656 bits per heavy atom. The van der Waals surface area contributed by atoms with Gasteiger partial charge in [0.2, 0.25) is 11.8 Å². The van der Waals surface area contributed by atoms with E-state index in [1.165, 1.54) is 48.5 Å². The summed E-state index contributed by atoms with van der Waals surface area (Å²) in [5.41, 5.74) is 0.714. The summed E-state index contributed by atoms with van der Waals surface area (Å²) in [6.07, 6.45) is 0. The second-order valence-electron chi connectivity index (χ2n) is 5.96. The van der Waals surface area contributed by atoms with E-state index >= 15 is 0 Å². The van der Waals surface area contributed by atoms with Crippen molar-refractivity contribution in [2.24, 2.45) is 0 Å². The fourth-order valence-electron chi connectivity index (χ4n) is 2.51. The largest absolute Gasteiger partial charge is 0.435 e. The molecule has 2 heterocycles. The highest BCUT2D eigenvalue weighted by Crippen LogP contribution is 2.25. The zero-order valence-electron chi connectivity index (χ0n) is 15.6. The molecule has 4 rings (SSSR count). The number of benzene rings is 2. The lowest BCUT2D eigenvalue weighted by molar-refractivity contribution is -0.0505. The molecular formula is C19H10F4N4O5. The number of alkyl halides is 4. The predicted octanol–water partition coefficient (Wildman–Crippen LogP) is 4.22. The van der Waals surface area contributed by atoms with Crippen molar-refractivity contribution in [1.82, 2.24) is 20.4 Å². The van der Waals surface area contributed by atoms with Crippen LogP contribution in [0.3, 0.4) is 0 Å². The van der Waals surface area contributed by atoms with E-state index in [0.717, 1.165) is 0 Å². The van der Waals surface area contributed by atoms with E-state index in [-0.39, 0.29) is 23.3 Å². The van der Waals surface area contributed by atoms with Crippen LogP contribution in [0.15, 0.2) is 57.4 Å². The van der Waals surface area contributed by atoms with Gasteiger partial charge in [0.25, 0.3) is 11.8 Å². The lowest BCUT2D eigenvalue weighted by Gasteiger charge is -2.03. The van der Waals surface area contributed by atoms with Crippen molar-refractivity contribution in [1.29, 1.82) is 0 Å². The molecule has 0 saturated heterocycles. The Bertz CT molecular complexity index is 1120. The number of ketones is 1. The molecule has 2 aromatic carbocycles. The SMILES string of the molecule is O=C(c1nnc(-c2ccc(OC(F)F)cc2)o1)c1nnc(-c2ccc(OC(F)F)cc2)o1. The van der Waals surface area contributed by atoms with Gasteiger partial charge in [-0.15, -0.1) is 20.4 Å². The molecule has 164 valence electrons. The number of ether oxygens (including phenoxy) is 2. The van der Waals surface area contributed by atoms with Gasteiger partial charge in [-0.1, -0.05) is 0 Å². The minimum absolute atomic E-state index is 0.0497. The highest BCUT2D eigenvalue weighted by molar-refractivity contribution is 6.02. The van der Waals surface area contributed by atoms with Crippen LogP contribution in [0.25, 0.3) is 22.9 Å². The fraction of sp³-hybridized carbons (Fsp3) is 0.105. The molecule has 0 fully saturated rings. The molecule has 0 N–H and O–H groups in total. The summed E-state index contributed by atoms with van der Waals surface area (Å²) < 4.78 is 68.0. The molecular weight excluding hydrogens is 440 g/mol. The van der Waals surface area contributed by atoms with Crippen LogP contribution in [0, 0.1) is 0 Å². The van der Waals surface area contributed by atoms with Gasteiger partial charge in [-0.2, -0.15) is 17.6 Å². The van der Waals surface area contributed by atoms with Gasteiger partial charge in [-0.25, -0.2) is 0 Å². The number of aromatic nitrogens is 4. The summed E-state index contributed by atoms with van der Waals surface area (Å²) in [7, 11) is 0. The second-order valence-corrected chi connectivity index (χ2v) is 5.96. The van der Waals surface area contributed by atoms with Crippen LogP contribution in [0.4, 0.5) is 17.6 Å². The molecule has 0 aliphatic heterocycles. The van der Waals surface area contributed by atoms with Crippen LogP contribution in [0.1, 0.15) is 16.6 Å². The maximum atomic E-state index is 12.5. The molecule has 0 unspecified atom stereocenters. The molecule has 0 amide bonds. The van der Waals surface area contributed by atoms with Crippen molar-refractivity contribution in [2.45, 2.75) is 13.2 Å². The summed E-state index contributed by atoms with van der Waals surface area (Å²) in [5.74, 6) is -1.96. The number of halogens is 4. The van der Waals surface area contributed by atoms with E-state index in [4.69, 9.17) is 8.83 Å². The number of nitrogens with zero attached hydrogens (tertiary/aromatic N) is 4. The smallest absolute Gasteiger partial charge is 0.387 e. The van der Waals surface area contributed by atoms with E-state index in [1.807, 2.05) is 0 Å². The predicted molar refractivity (Wildman–Crippen MR) is 96.2 cm³/mol. The monoisotopic (exact) mass is 450 g/mol. The third-order valence-corrected chi connectivity index (χ3v) is 3.89. The molecule has 2 aromatic heterocycles. The topological polar surface area (TPSA) is 113 Å². The van der Waals surface area contributed by atoms with E-state index in [9.17, 15) is 22.4 Å². The van der Waals surface area contributed by atoms with Crippen molar-refractivity contribution in [2.75, 3.05) is 0 Å². The Morgan fingerprint density at radius 2 is 1.03 bits per heavy atom. The van der Waals surface area contributed by atoms with Crippen LogP contribution in [0.2, 0.25) is 0 Å². The van der Waals surface area contributed by atoms with Crippen LogP contribution in [0.5, 0.6) is 11.5 Å². The van der Waals surface area contributed by atoms with E-state index in [0.29, 0.717) is 11.1 Å². The maximum Gasteiger partial charge on any atom is 0.387 e. The third-order valence-electron chi connectivity index (χ3n) is 3.89. The lowest BCUT2D eigenvalue weighted by atomic mass is 10.2. The van der Waals surface area contributed by atoms with E-state index < -0.39 is 30.8 Å². The number of rotatable bonds is 8. The summed E-state index contributed by atoms with van der Waals surface area (Å²) in [4.78, 5) is 12.5. The van der Waals surface area contributed by atoms with Gasteiger partial charge in [0.05, 0.1) is 0 Å². The number of carbonyl (C=O) groups is 1. The van der Waals surface area contributed by atoms with Crippen LogP contribution in [-0.4, -0.2) is 39.4 Å². The minimum atomic E-state index is -2.96. The number of hydrogen-bond acceptors (Lipinski definition) is 9. The molecule has 4 aromatic rings. The van der Waals surface area contributed by atoms with Crippen molar-refractivity contribution in [3.63, 3.8) is 0 Å². The first-order valence-electron chi connectivity index (χ1n) is 8.71. The Kier molecular flexibility index (Phi) is 5.79. The zero-order chi connectivity index (χ0) is 22.7. The highest BCUT2D eigenvalue weighted by atomic mass is 19.3. The first-order valence-corrected chi connectivity index (χ1v) is 8.71. The number of hydrogen-bond donors (Lipinski definition) is 0. The first-order chi connectivity index (χ1) is 15.4. The second kappa shape index (κ2) is 8.83. The molecule has 0 aliphatic carbocycles. The van der Waals surface area contributed by atoms with Crippen molar-refractivity contribution < 1.29 is 40.7 Å². The van der Waals surface area contributed by atoms with Crippen molar-refractivity contribution >= 4 is 5.78 Å². The standard InChI is InChI=1S/C19H10F4N4O5/c20-18(21)29-11-5-1-9(2-6-11)14-24-26-16(31-14)13(28)17-27-25-15(32-17)10-3-7-12(8-4-10)30-19(22)23/h1-8,18-19H. The molecule has 0 bridgehead atoms. The third kappa shape index (κ3) is 4.71. The normalized spacial score (nSPS) is 11.2. The Hall–Kier alpha value is -4.29. The van der Waals surface area contributed by atoms with Gasteiger partial charge in [0.15, 0.2) is 0 Å². The minimum Gasteiger partial charge on any atom is -0.435 e. The van der Waals surface area contributed by atoms with E-state index in [2.05, 4.69) is 29.9 Å². The Balaban J connectivity index is 1.48. The van der Waals surface area contributed by atoms with Gasteiger partial charge in [-0.3, -0.25) is 4.79 Å². The zero-order valence-corrected chi connectivity index (χ0v) is 15.6. The average Bonchev–Trinajstić information content (AvgIpc) is 3.44. The highest BCUT2D eigenvalue weighted by Gasteiger charge is 2.24. The van der Waals surface area contributed by atoms with Crippen molar-refractivity contribution in [3.8, 4) is 34.4 Å². The molecule has 0 radical (unpaired) electrons. The summed E-state index contributed by atoms with van der Waals surface area (Å²) >= 11 is 0. The molecule has 32 heavy (non-hydrogen) atoms. The Morgan fingerprint density at radius 3 is 1.38 bits per heavy atom. The van der Waals surface area contributed by atoms with Crippen LogP contribution >= 0.6 is 0 Å². The fourth-order valence-corrected chi connectivity index (χ4v) is 2.51. The first kappa shape index (κ1) is 21.0. The molecule has 0 spiro atoms. The van der Waals surface area contributed by atoms with Gasteiger partial charge >= 0.3 is 19.0 Å². The molecule has 13 heteroatoms. The summed E-state index contributed by atoms with van der Waals surface area (Å²) in [6.45, 7) is -5.92. The quantitative estimate of drug-likeness (QED) is 0.288. The van der Waals surface area contributed by atoms with Gasteiger partial charge in [-0.05, 0) is 48.5 Å². The molecule has 0 atom stereocenters. The van der Waals surface area contributed by atoms with Crippen molar-refractivity contribution in [3.05, 3.63) is 60.3 Å². The molecule has 0 aliphatic rings. The van der Waals surface area contributed by atoms with Gasteiger partial charge in [0, 0.05) is 11.1 Å². The van der Waals surface area contributed by atoms with Crippen LogP contribution in [-0.2, 0) is 0 Å². The Labute approximate surface area is 175 Å². The van der Waals surface area contributed by atoms with Crippen LogP contribution < -0.4 is 9.47 Å². The lowest BCUT2D eigenvalue weighted by Crippen LogP contribution is -2.02. The summed E-state index contributed by atoms with van der Waals surface area (Å²) in [5, 5.41) is 14.7. The molecule has 0 saturated carbocycles. The summed E-state index contributed by atoms with van der Waals surface area (Å²) in [6, 6.07) is 10.7. The average molecular weight is 450 g/mol. The number of carbonyl (C=O) groups excluding carboxylic acids is 1. The molecule has 9 nitrogen and oxygen atoms in total. The van der Waals surface area contributed by atoms with Gasteiger partial charge in [0.1, 0.15) is 11.5 Å². The van der Waals surface area contributed by atoms with Gasteiger partial charge < -0.3 is 18.3 Å². The maximum absolute atomic E-state index is 12.5. The van der Waals surface area contributed by atoms with E-state index in [1.54, 1.807) is 0 Å².